The van der Waals surface area contributed by atoms with Crippen molar-refractivity contribution in [3.63, 3.8) is 0 Å². The molecule has 0 unspecified atom stereocenters. The van der Waals surface area contributed by atoms with Gasteiger partial charge >= 0.3 is 0 Å². The van der Waals surface area contributed by atoms with Crippen LogP contribution in [-0.2, 0) is 6.42 Å². The molecule has 0 aliphatic carbocycles. The normalized spacial score (nSPS) is 13.4. The third kappa shape index (κ3) is 1.82. The lowest BCUT2D eigenvalue weighted by Gasteiger charge is -2.02. The van der Waals surface area contributed by atoms with Crippen molar-refractivity contribution < 1.29 is 10.2 Å². The summed E-state index contributed by atoms with van der Waals surface area (Å²) < 4.78 is 0. The lowest BCUT2D eigenvalue weighted by Crippen LogP contribution is -2.15. The van der Waals surface area contributed by atoms with E-state index in [0.717, 1.165) is 0 Å². The highest BCUT2D eigenvalue weighted by atomic mass is 16.3. The molecule has 0 aliphatic heterocycles. The van der Waals surface area contributed by atoms with Crippen molar-refractivity contribution in [2.75, 3.05) is 6.61 Å². The summed E-state index contributed by atoms with van der Waals surface area (Å²) >= 11 is 0. The Morgan fingerprint density at radius 2 is 2.50 bits per heavy atom. The summed E-state index contributed by atoms with van der Waals surface area (Å²) in [7, 11) is 0. The number of nitrogens with zero attached hydrogens (tertiary/aromatic N) is 1. The predicted octanol–water partition coefficient (Wildman–Crippen LogP) is -0.695. The number of aliphatic hydroxyl groups is 2. The minimum Gasteiger partial charge on any atom is -0.394 e. The molecule has 0 spiro atoms. The molecule has 0 saturated carbocycles. The molecule has 0 fully saturated rings. The molecule has 0 saturated heterocycles. The fourth-order valence-electron chi connectivity index (χ4n) is 0.697. The van der Waals surface area contributed by atoms with Gasteiger partial charge < -0.3 is 15.2 Å². The van der Waals surface area contributed by atoms with E-state index in [4.69, 9.17) is 10.2 Å². The zero-order valence-corrected chi connectivity index (χ0v) is 5.49. The van der Waals surface area contributed by atoms with Crippen LogP contribution in [0.5, 0.6) is 0 Å². The van der Waals surface area contributed by atoms with Gasteiger partial charge in [0.05, 0.1) is 12.7 Å². The number of hydrogen-bond acceptors (Lipinski definition) is 3. The van der Waals surface area contributed by atoms with E-state index in [1.807, 2.05) is 0 Å². The second-order valence-electron chi connectivity index (χ2n) is 2.08. The van der Waals surface area contributed by atoms with Crippen molar-refractivity contribution in [3.8, 4) is 0 Å². The van der Waals surface area contributed by atoms with E-state index in [0.29, 0.717) is 12.2 Å². The number of aromatic amines is 1. The average Bonchev–Trinajstić information content (AvgIpc) is 2.40. The summed E-state index contributed by atoms with van der Waals surface area (Å²) in [4.78, 5) is 6.70. The van der Waals surface area contributed by atoms with E-state index in [1.165, 1.54) is 0 Å². The van der Waals surface area contributed by atoms with Crippen molar-refractivity contribution in [1.29, 1.82) is 0 Å². The summed E-state index contributed by atoms with van der Waals surface area (Å²) in [6.07, 6.45) is 2.97. The zero-order chi connectivity index (χ0) is 7.40. The van der Waals surface area contributed by atoms with Crippen LogP contribution in [0.2, 0.25) is 0 Å². The minimum atomic E-state index is -0.703. The molecule has 56 valence electrons. The Labute approximate surface area is 58.5 Å². The van der Waals surface area contributed by atoms with Gasteiger partial charge in [0, 0.05) is 18.8 Å². The van der Waals surface area contributed by atoms with Crippen LogP contribution in [0.1, 0.15) is 5.82 Å². The molecule has 0 amide bonds. The van der Waals surface area contributed by atoms with Gasteiger partial charge in [-0.15, -0.1) is 0 Å². The highest BCUT2D eigenvalue weighted by Crippen LogP contribution is 1.94. The van der Waals surface area contributed by atoms with E-state index in [-0.39, 0.29) is 6.61 Å². The fourth-order valence-corrected chi connectivity index (χ4v) is 0.697. The number of H-pyrrole nitrogens is 1. The van der Waals surface area contributed by atoms with Gasteiger partial charge in [-0.3, -0.25) is 0 Å². The van der Waals surface area contributed by atoms with Gasteiger partial charge in [0.25, 0.3) is 0 Å². The van der Waals surface area contributed by atoms with Gasteiger partial charge in [-0.1, -0.05) is 0 Å². The molecular formula is C6H10N2O2. The summed E-state index contributed by atoms with van der Waals surface area (Å²) in [6, 6.07) is 0. The topological polar surface area (TPSA) is 69.1 Å². The SMILES string of the molecule is OC[C@H](O)Cc1ncc[nH]1. The Bertz CT molecular complexity index is 174. The van der Waals surface area contributed by atoms with Crippen molar-refractivity contribution in [2.45, 2.75) is 12.5 Å². The monoisotopic (exact) mass is 142 g/mol. The maximum Gasteiger partial charge on any atom is 0.108 e. The van der Waals surface area contributed by atoms with Crippen LogP contribution in [0.4, 0.5) is 0 Å². The van der Waals surface area contributed by atoms with E-state index in [2.05, 4.69) is 9.97 Å². The summed E-state index contributed by atoms with van der Waals surface area (Å²) in [6.45, 7) is -0.222. The number of nitrogens with one attached hydrogen (secondary N) is 1. The Morgan fingerprint density at radius 3 is 3.00 bits per heavy atom. The van der Waals surface area contributed by atoms with Crippen molar-refractivity contribution >= 4 is 0 Å². The second-order valence-corrected chi connectivity index (χ2v) is 2.08. The number of hydrogen-bond donors (Lipinski definition) is 3. The first-order chi connectivity index (χ1) is 4.83. The van der Waals surface area contributed by atoms with Crippen molar-refractivity contribution in [2.24, 2.45) is 0 Å². The lowest BCUT2D eigenvalue weighted by molar-refractivity contribution is 0.0940. The van der Waals surface area contributed by atoms with E-state index in [9.17, 15) is 0 Å². The molecule has 1 heterocycles. The molecule has 4 nitrogen and oxygen atoms in total. The number of aromatic nitrogens is 2. The van der Waals surface area contributed by atoms with Crippen molar-refractivity contribution in [3.05, 3.63) is 18.2 Å². The summed E-state index contributed by atoms with van der Waals surface area (Å²) in [5.74, 6) is 0.696. The summed E-state index contributed by atoms with van der Waals surface area (Å²) in [5, 5.41) is 17.4. The molecule has 4 heteroatoms. The van der Waals surface area contributed by atoms with Gasteiger partial charge in [0.15, 0.2) is 0 Å². The number of rotatable bonds is 3. The predicted molar refractivity (Wildman–Crippen MR) is 35.4 cm³/mol. The van der Waals surface area contributed by atoms with Crippen LogP contribution in [0.3, 0.4) is 0 Å². The number of imidazole rings is 1. The Hall–Kier alpha value is -0.870. The Kier molecular flexibility index (Phi) is 2.42. The van der Waals surface area contributed by atoms with Gasteiger partial charge in [0.1, 0.15) is 5.82 Å². The largest absolute Gasteiger partial charge is 0.394 e. The molecule has 1 aromatic heterocycles. The van der Waals surface area contributed by atoms with Crippen LogP contribution >= 0.6 is 0 Å². The van der Waals surface area contributed by atoms with Crippen molar-refractivity contribution in [1.82, 2.24) is 9.97 Å². The first-order valence-electron chi connectivity index (χ1n) is 3.10. The maximum atomic E-state index is 8.92. The fraction of sp³-hybridized carbons (Fsp3) is 0.500. The molecular weight excluding hydrogens is 132 g/mol. The van der Waals surface area contributed by atoms with Crippen LogP contribution in [0.25, 0.3) is 0 Å². The first-order valence-corrected chi connectivity index (χ1v) is 3.10. The number of aliphatic hydroxyl groups excluding tert-OH is 2. The third-order valence-corrected chi connectivity index (χ3v) is 1.19. The van der Waals surface area contributed by atoms with Crippen LogP contribution in [0.15, 0.2) is 12.4 Å². The van der Waals surface area contributed by atoms with Crippen LogP contribution < -0.4 is 0 Å². The van der Waals surface area contributed by atoms with E-state index < -0.39 is 6.10 Å². The molecule has 3 N–H and O–H groups in total. The first kappa shape index (κ1) is 7.24. The standard InChI is InChI=1S/C6H10N2O2/c9-4-5(10)3-6-7-1-2-8-6/h1-2,5,9-10H,3-4H2,(H,7,8)/t5-/m1/s1. The third-order valence-electron chi connectivity index (χ3n) is 1.19. The molecule has 10 heavy (non-hydrogen) atoms. The van der Waals surface area contributed by atoms with Gasteiger partial charge in [-0.25, -0.2) is 4.98 Å². The Morgan fingerprint density at radius 1 is 1.70 bits per heavy atom. The molecule has 1 aromatic rings. The zero-order valence-electron chi connectivity index (χ0n) is 5.49. The van der Waals surface area contributed by atoms with Crippen LogP contribution in [-0.4, -0.2) is 32.9 Å². The highest BCUT2D eigenvalue weighted by Gasteiger charge is 2.03. The lowest BCUT2D eigenvalue weighted by atomic mass is 10.2. The van der Waals surface area contributed by atoms with Gasteiger partial charge in [-0.05, 0) is 0 Å². The molecule has 1 rings (SSSR count). The smallest absolute Gasteiger partial charge is 0.108 e. The second kappa shape index (κ2) is 3.34. The average molecular weight is 142 g/mol. The van der Waals surface area contributed by atoms with Crippen LogP contribution in [0, 0.1) is 0 Å². The molecule has 0 bridgehead atoms. The summed E-state index contributed by atoms with van der Waals surface area (Å²) in [5.41, 5.74) is 0. The van der Waals surface area contributed by atoms with E-state index >= 15 is 0 Å². The molecule has 1 atom stereocenters. The Balaban J connectivity index is 2.40. The van der Waals surface area contributed by atoms with Gasteiger partial charge in [0.2, 0.25) is 0 Å². The molecule has 0 aliphatic rings. The van der Waals surface area contributed by atoms with Gasteiger partial charge in [-0.2, -0.15) is 0 Å². The maximum absolute atomic E-state index is 8.92. The minimum absolute atomic E-state index is 0.222. The highest BCUT2D eigenvalue weighted by molar-refractivity contribution is 4.88. The molecule has 0 radical (unpaired) electrons. The van der Waals surface area contributed by atoms with E-state index in [1.54, 1.807) is 12.4 Å². The molecule has 0 aromatic carbocycles. The quantitative estimate of drug-likeness (QED) is 0.523.